The van der Waals surface area contributed by atoms with E-state index in [2.05, 4.69) is 9.88 Å². The quantitative estimate of drug-likeness (QED) is 0.630. The highest BCUT2D eigenvalue weighted by molar-refractivity contribution is 7.22. The van der Waals surface area contributed by atoms with Gasteiger partial charge in [0.05, 0.1) is 17.9 Å². The molecule has 9 heteroatoms. The first kappa shape index (κ1) is 19.8. The minimum Gasteiger partial charge on any atom is -0.379 e. The minimum absolute atomic E-state index is 0.0229. The van der Waals surface area contributed by atoms with Crippen LogP contribution in [0.4, 0.5) is 18.3 Å². The zero-order valence-corrected chi connectivity index (χ0v) is 16.2. The normalized spacial score (nSPS) is 15.0. The Hall–Kier alpha value is -2.49. The fraction of sp³-hybridized carbons (Fsp3) is 0.300. The van der Waals surface area contributed by atoms with Crippen LogP contribution in [-0.4, -0.2) is 55.2 Å². The Morgan fingerprint density at radius 1 is 1.10 bits per heavy atom. The lowest BCUT2D eigenvalue weighted by atomic mass is 10.2. The number of rotatable bonds is 5. The van der Waals surface area contributed by atoms with Gasteiger partial charge in [0, 0.05) is 37.8 Å². The summed E-state index contributed by atoms with van der Waals surface area (Å²) in [6, 6.07) is 7.18. The van der Waals surface area contributed by atoms with Gasteiger partial charge in [-0.2, -0.15) is 0 Å². The van der Waals surface area contributed by atoms with E-state index in [-0.39, 0.29) is 16.6 Å². The standard InChI is InChI=1S/C20H18F3N3O2S/c21-14-3-1-13(2-4-14)19(27)26(6-5-25-7-9-28-10-8-25)20-24-18-16(23)11-15(22)12-17(18)29-20/h1-4,11-12H,5-10H2. The third-order valence-corrected chi connectivity index (χ3v) is 5.74. The zero-order chi connectivity index (χ0) is 20.4. The van der Waals surface area contributed by atoms with Crippen LogP contribution in [0.25, 0.3) is 10.2 Å². The number of carbonyl (C=O) groups is 1. The van der Waals surface area contributed by atoms with Crippen LogP contribution in [0.15, 0.2) is 36.4 Å². The summed E-state index contributed by atoms with van der Waals surface area (Å²) in [6.45, 7) is 3.62. The fourth-order valence-corrected chi connectivity index (χ4v) is 4.19. The molecular weight excluding hydrogens is 403 g/mol. The highest BCUT2D eigenvalue weighted by Gasteiger charge is 2.24. The lowest BCUT2D eigenvalue weighted by Crippen LogP contribution is -2.43. The molecule has 0 unspecified atom stereocenters. The predicted octanol–water partition coefficient (Wildman–Crippen LogP) is 3.69. The second-order valence-electron chi connectivity index (χ2n) is 6.65. The lowest BCUT2D eigenvalue weighted by Gasteiger charge is -2.29. The maximum atomic E-state index is 14.1. The van der Waals surface area contributed by atoms with Crippen LogP contribution < -0.4 is 4.90 Å². The number of aromatic nitrogens is 1. The van der Waals surface area contributed by atoms with Crippen molar-refractivity contribution >= 4 is 32.6 Å². The van der Waals surface area contributed by atoms with Gasteiger partial charge < -0.3 is 4.74 Å². The zero-order valence-electron chi connectivity index (χ0n) is 15.4. The Morgan fingerprint density at radius 3 is 2.55 bits per heavy atom. The van der Waals surface area contributed by atoms with Gasteiger partial charge in [0.25, 0.3) is 5.91 Å². The van der Waals surface area contributed by atoms with E-state index in [0.717, 1.165) is 30.5 Å². The Labute approximate surface area is 169 Å². The first-order valence-electron chi connectivity index (χ1n) is 9.14. The molecule has 152 valence electrons. The van der Waals surface area contributed by atoms with Gasteiger partial charge in [-0.25, -0.2) is 18.2 Å². The van der Waals surface area contributed by atoms with Crippen molar-refractivity contribution in [2.45, 2.75) is 0 Å². The molecule has 5 nitrogen and oxygen atoms in total. The van der Waals surface area contributed by atoms with E-state index in [4.69, 9.17) is 4.74 Å². The number of carbonyl (C=O) groups excluding carboxylic acids is 1. The maximum Gasteiger partial charge on any atom is 0.260 e. The molecule has 1 fully saturated rings. The summed E-state index contributed by atoms with van der Waals surface area (Å²) in [7, 11) is 0. The van der Waals surface area contributed by atoms with Gasteiger partial charge in [0.1, 0.15) is 17.2 Å². The van der Waals surface area contributed by atoms with Crippen molar-refractivity contribution in [3.63, 3.8) is 0 Å². The van der Waals surface area contributed by atoms with E-state index in [9.17, 15) is 18.0 Å². The number of thiazole rings is 1. The second-order valence-corrected chi connectivity index (χ2v) is 7.66. The molecule has 0 atom stereocenters. The number of fused-ring (bicyclic) bond motifs is 1. The summed E-state index contributed by atoms with van der Waals surface area (Å²) in [6.07, 6.45) is 0. The van der Waals surface area contributed by atoms with Crippen LogP contribution in [0.3, 0.4) is 0 Å². The molecule has 4 rings (SSSR count). The van der Waals surface area contributed by atoms with E-state index in [0.29, 0.717) is 36.6 Å². The minimum atomic E-state index is -0.773. The molecule has 1 amide bonds. The monoisotopic (exact) mass is 421 g/mol. The summed E-state index contributed by atoms with van der Waals surface area (Å²) in [4.78, 5) is 21.0. The van der Waals surface area contributed by atoms with E-state index in [1.807, 2.05) is 0 Å². The molecular formula is C20H18F3N3O2S. The fourth-order valence-electron chi connectivity index (χ4n) is 3.16. The van der Waals surface area contributed by atoms with E-state index < -0.39 is 17.5 Å². The number of amides is 1. The molecule has 0 aliphatic carbocycles. The first-order chi connectivity index (χ1) is 14.0. The Morgan fingerprint density at radius 2 is 1.83 bits per heavy atom. The number of anilines is 1. The average Bonchev–Trinajstić information content (AvgIpc) is 3.13. The molecule has 29 heavy (non-hydrogen) atoms. The maximum absolute atomic E-state index is 14.1. The Kier molecular flexibility index (Phi) is 5.79. The predicted molar refractivity (Wildman–Crippen MR) is 105 cm³/mol. The van der Waals surface area contributed by atoms with E-state index in [1.54, 1.807) is 0 Å². The van der Waals surface area contributed by atoms with Gasteiger partial charge in [-0.3, -0.25) is 14.6 Å². The molecule has 1 aromatic heterocycles. The van der Waals surface area contributed by atoms with Gasteiger partial charge >= 0.3 is 0 Å². The first-order valence-corrected chi connectivity index (χ1v) is 9.96. The molecule has 1 saturated heterocycles. The lowest BCUT2D eigenvalue weighted by molar-refractivity contribution is 0.0391. The number of halogens is 3. The van der Waals surface area contributed by atoms with Crippen molar-refractivity contribution in [3.8, 4) is 0 Å². The Balaban J connectivity index is 1.66. The number of benzene rings is 2. The molecule has 2 heterocycles. The van der Waals surface area contributed by atoms with Crippen LogP contribution >= 0.6 is 11.3 Å². The highest BCUT2D eigenvalue weighted by atomic mass is 32.1. The largest absolute Gasteiger partial charge is 0.379 e. The van der Waals surface area contributed by atoms with Crippen LogP contribution in [0, 0.1) is 17.5 Å². The number of morpholine rings is 1. The molecule has 0 saturated carbocycles. The van der Waals surface area contributed by atoms with E-state index in [1.165, 1.54) is 35.2 Å². The van der Waals surface area contributed by atoms with Crippen molar-refractivity contribution in [2.75, 3.05) is 44.3 Å². The number of hydrogen-bond acceptors (Lipinski definition) is 5. The third kappa shape index (κ3) is 4.42. The average molecular weight is 421 g/mol. The molecule has 0 N–H and O–H groups in total. The van der Waals surface area contributed by atoms with Gasteiger partial charge in [0.2, 0.25) is 0 Å². The van der Waals surface area contributed by atoms with Crippen molar-refractivity contribution in [1.29, 1.82) is 0 Å². The Bertz CT molecular complexity index is 1020. The van der Waals surface area contributed by atoms with Crippen molar-refractivity contribution in [2.24, 2.45) is 0 Å². The summed E-state index contributed by atoms with van der Waals surface area (Å²) in [5.74, 6) is -2.29. The van der Waals surface area contributed by atoms with Crippen molar-refractivity contribution in [1.82, 2.24) is 9.88 Å². The number of hydrogen-bond donors (Lipinski definition) is 0. The van der Waals surface area contributed by atoms with Gasteiger partial charge in [-0.1, -0.05) is 11.3 Å². The smallest absolute Gasteiger partial charge is 0.260 e. The van der Waals surface area contributed by atoms with Crippen LogP contribution in [-0.2, 0) is 4.74 Å². The van der Waals surface area contributed by atoms with Crippen LogP contribution in [0.1, 0.15) is 10.4 Å². The summed E-state index contributed by atoms with van der Waals surface area (Å²) in [5.41, 5.74) is 0.314. The van der Waals surface area contributed by atoms with E-state index >= 15 is 0 Å². The topological polar surface area (TPSA) is 45.7 Å². The second kappa shape index (κ2) is 8.48. The SMILES string of the molecule is O=C(c1ccc(F)cc1)N(CCN1CCOCC1)c1nc2c(F)cc(F)cc2s1. The third-order valence-electron chi connectivity index (χ3n) is 4.71. The summed E-state index contributed by atoms with van der Waals surface area (Å²) < 4.78 is 46.6. The number of ether oxygens (including phenoxy) is 1. The molecule has 2 aromatic carbocycles. The molecule has 3 aromatic rings. The van der Waals surface area contributed by atoms with Gasteiger partial charge in [0.15, 0.2) is 10.9 Å². The van der Waals surface area contributed by atoms with Crippen LogP contribution in [0.2, 0.25) is 0 Å². The molecule has 0 radical (unpaired) electrons. The summed E-state index contributed by atoms with van der Waals surface area (Å²) >= 11 is 1.04. The van der Waals surface area contributed by atoms with Crippen molar-refractivity contribution < 1.29 is 22.7 Å². The van der Waals surface area contributed by atoms with Gasteiger partial charge in [-0.15, -0.1) is 0 Å². The molecule has 1 aliphatic heterocycles. The summed E-state index contributed by atoms with van der Waals surface area (Å²) in [5, 5.41) is 0.270. The number of nitrogens with zero attached hydrogens (tertiary/aromatic N) is 3. The van der Waals surface area contributed by atoms with Crippen LogP contribution in [0.5, 0.6) is 0 Å². The molecule has 1 aliphatic rings. The molecule has 0 bridgehead atoms. The highest BCUT2D eigenvalue weighted by Crippen LogP contribution is 2.32. The molecule has 0 spiro atoms. The van der Waals surface area contributed by atoms with Gasteiger partial charge in [-0.05, 0) is 30.3 Å². The van der Waals surface area contributed by atoms with Crippen molar-refractivity contribution in [3.05, 3.63) is 59.4 Å².